The predicted octanol–water partition coefficient (Wildman–Crippen LogP) is 11.5. The minimum absolute atomic E-state index is 0.121. The molecule has 354 valence electrons. The van der Waals surface area contributed by atoms with Gasteiger partial charge in [0.2, 0.25) is 11.8 Å². The first-order valence-corrected chi connectivity index (χ1v) is 25.7. The molecule has 2 aromatic heterocycles. The van der Waals surface area contributed by atoms with E-state index in [1.807, 2.05) is 48.5 Å². The van der Waals surface area contributed by atoms with Crippen LogP contribution in [0.3, 0.4) is 0 Å². The van der Waals surface area contributed by atoms with Crippen molar-refractivity contribution in [1.29, 1.82) is 0 Å². The number of amides is 2. The molecule has 6 aromatic carbocycles. The SMILES string of the molecule is O=Cc1c(-c2ccc3[nH]c([C@@H]4CCCN4C(=O)[C@@H](c4ccccc4)N4CCCCC4)nc3c2)ccc2ccc(-c3ccc4[nH]c([C@@H]5CCCN5C(=O)[C@@H](c5ccccc5)N5CCCCC5)nc4c3)cc12. The number of benzene rings is 6. The number of fused-ring (bicyclic) bond motifs is 3. The Morgan fingerprint density at radius 2 is 0.986 bits per heavy atom. The number of aldehydes is 1. The number of hydrogen-bond acceptors (Lipinski definition) is 7. The molecule has 0 saturated carbocycles. The zero-order valence-electron chi connectivity index (χ0n) is 39.7. The lowest BCUT2D eigenvalue weighted by Crippen LogP contribution is -2.44. The van der Waals surface area contributed by atoms with E-state index in [0.717, 1.165) is 162 Å². The molecule has 70 heavy (non-hydrogen) atoms. The number of hydrogen-bond donors (Lipinski definition) is 2. The Labute approximate surface area is 408 Å². The van der Waals surface area contributed by atoms with Gasteiger partial charge in [-0.15, -0.1) is 0 Å². The maximum atomic E-state index is 14.6. The van der Waals surface area contributed by atoms with Crippen molar-refractivity contribution >= 4 is 50.9 Å². The van der Waals surface area contributed by atoms with E-state index in [9.17, 15) is 14.4 Å². The van der Waals surface area contributed by atoms with Crippen LogP contribution in [-0.4, -0.2) is 96.9 Å². The average molecular weight is 929 g/mol. The van der Waals surface area contributed by atoms with Crippen LogP contribution in [0.5, 0.6) is 0 Å². The van der Waals surface area contributed by atoms with Crippen molar-refractivity contribution in [2.24, 2.45) is 0 Å². The smallest absolute Gasteiger partial charge is 0.245 e. The average Bonchev–Trinajstić information content (AvgIpc) is 4.26. The summed E-state index contributed by atoms with van der Waals surface area (Å²) >= 11 is 0. The van der Waals surface area contributed by atoms with Gasteiger partial charge in [0.1, 0.15) is 23.7 Å². The van der Waals surface area contributed by atoms with Crippen molar-refractivity contribution in [2.75, 3.05) is 39.3 Å². The summed E-state index contributed by atoms with van der Waals surface area (Å²) in [4.78, 5) is 68.7. The van der Waals surface area contributed by atoms with Gasteiger partial charge in [-0.05, 0) is 152 Å². The molecule has 2 amide bonds. The van der Waals surface area contributed by atoms with Crippen molar-refractivity contribution in [3.63, 3.8) is 0 Å². The molecule has 0 bridgehead atoms. The fourth-order valence-corrected chi connectivity index (χ4v) is 12.2. The molecule has 0 aliphatic carbocycles. The summed E-state index contributed by atoms with van der Waals surface area (Å²) in [6, 6.07) is 42.6. The molecule has 4 atom stereocenters. The molecule has 8 aromatic rings. The summed E-state index contributed by atoms with van der Waals surface area (Å²) in [6.07, 6.45) is 11.4. The highest BCUT2D eigenvalue weighted by atomic mass is 16.2. The highest BCUT2D eigenvalue weighted by molar-refractivity contribution is 6.06. The molecule has 0 spiro atoms. The topological polar surface area (TPSA) is 122 Å². The van der Waals surface area contributed by atoms with Crippen molar-refractivity contribution in [2.45, 2.75) is 88.4 Å². The molecule has 12 rings (SSSR count). The van der Waals surface area contributed by atoms with Crippen LogP contribution in [0.25, 0.3) is 55.1 Å². The summed E-state index contributed by atoms with van der Waals surface area (Å²) < 4.78 is 0. The maximum Gasteiger partial charge on any atom is 0.245 e. The number of nitrogens with zero attached hydrogens (tertiary/aromatic N) is 6. The van der Waals surface area contributed by atoms with Crippen LogP contribution >= 0.6 is 0 Å². The van der Waals surface area contributed by atoms with Gasteiger partial charge < -0.3 is 19.8 Å². The molecule has 4 fully saturated rings. The van der Waals surface area contributed by atoms with E-state index >= 15 is 0 Å². The van der Waals surface area contributed by atoms with Gasteiger partial charge in [-0.2, -0.15) is 0 Å². The van der Waals surface area contributed by atoms with Crippen LogP contribution in [0.15, 0.2) is 127 Å². The van der Waals surface area contributed by atoms with E-state index in [4.69, 9.17) is 9.97 Å². The zero-order chi connectivity index (χ0) is 47.1. The van der Waals surface area contributed by atoms with Gasteiger partial charge in [0, 0.05) is 18.7 Å². The summed E-state index contributed by atoms with van der Waals surface area (Å²) in [5.74, 6) is 1.95. The third kappa shape index (κ3) is 8.28. The van der Waals surface area contributed by atoms with Gasteiger partial charge in [0.05, 0.1) is 34.2 Å². The number of piperidine rings is 2. The molecule has 4 saturated heterocycles. The summed E-state index contributed by atoms with van der Waals surface area (Å²) in [7, 11) is 0. The van der Waals surface area contributed by atoms with E-state index in [1.165, 1.54) is 12.8 Å². The quantitative estimate of drug-likeness (QED) is 0.124. The number of carbonyl (C=O) groups is 3. The summed E-state index contributed by atoms with van der Waals surface area (Å²) in [5, 5.41) is 1.86. The Morgan fingerprint density at radius 1 is 0.514 bits per heavy atom. The van der Waals surface area contributed by atoms with Crippen LogP contribution in [0.2, 0.25) is 0 Å². The van der Waals surface area contributed by atoms with Crippen molar-refractivity contribution in [3.05, 3.63) is 156 Å². The second-order valence-electron chi connectivity index (χ2n) is 20.0. The molecule has 0 unspecified atom stereocenters. The van der Waals surface area contributed by atoms with E-state index < -0.39 is 0 Å². The normalized spacial score (nSPS) is 20.1. The second-order valence-corrected chi connectivity index (χ2v) is 20.0. The molecule has 11 nitrogen and oxygen atoms in total. The third-order valence-corrected chi connectivity index (χ3v) is 15.7. The summed E-state index contributed by atoms with van der Waals surface area (Å²) in [5.41, 5.74) is 9.97. The number of H-pyrrole nitrogens is 2. The van der Waals surface area contributed by atoms with Crippen LogP contribution in [0.1, 0.15) is 122 Å². The molecular weight excluding hydrogens is 869 g/mol. The fourth-order valence-electron chi connectivity index (χ4n) is 12.2. The first-order chi connectivity index (χ1) is 34.5. The lowest BCUT2D eigenvalue weighted by molar-refractivity contribution is -0.139. The van der Waals surface area contributed by atoms with Gasteiger partial charge in [-0.25, -0.2) is 9.97 Å². The lowest BCUT2D eigenvalue weighted by atomic mass is 9.92. The number of likely N-dealkylation sites (tertiary alicyclic amines) is 4. The first-order valence-electron chi connectivity index (χ1n) is 25.7. The molecule has 0 radical (unpaired) electrons. The van der Waals surface area contributed by atoms with Crippen LogP contribution < -0.4 is 0 Å². The minimum atomic E-state index is -0.302. The molecular formula is C59H60N8O3. The standard InChI is InChI=1S/C59H60N8O3/c68-38-47-45(44-25-28-49-51(37-44)63-57(61-49)53-20-14-34-67(53)59(70)55(41-17-7-2-8-18-41)65-31-11-4-12-32-65)26-23-39-21-22-42(35-46(39)47)43-24-27-48-50(36-43)62-56(60-48)52-19-13-33-66(52)58(69)54(40-15-5-1-6-16-40)64-29-9-3-10-30-64/h1-2,5-8,15-18,21-28,35-38,52-55H,3-4,9-14,19-20,29-34H2,(H,60,62)(H,61,63)/t52-,53-,54+,55+/m0/s1. The molecule has 4 aliphatic rings. The number of rotatable bonds is 11. The fraction of sp³-hybridized carbons (Fsp3) is 0.339. The molecule has 6 heterocycles. The van der Waals surface area contributed by atoms with E-state index in [2.05, 4.69) is 108 Å². The van der Waals surface area contributed by atoms with Crippen molar-refractivity contribution < 1.29 is 14.4 Å². The van der Waals surface area contributed by atoms with Gasteiger partial charge >= 0.3 is 0 Å². The maximum absolute atomic E-state index is 14.6. The Kier molecular flexibility index (Phi) is 12.1. The molecule has 4 aliphatic heterocycles. The monoisotopic (exact) mass is 928 g/mol. The Bertz CT molecular complexity index is 3200. The van der Waals surface area contributed by atoms with Crippen LogP contribution in [0.4, 0.5) is 0 Å². The number of imidazole rings is 2. The van der Waals surface area contributed by atoms with Crippen LogP contribution in [-0.2, 0) is 9.59 Å². The largest absolute Gasteiger partial charge is 0.340 e. The third-order valence-electron chi connectivity index (χ3n) is 15.7. The molecule has 2 N–H and O–H groups in total. The highest BCUT2D eigenvalue weighted by Crippen LogP contribution is 2.40. The van der Waals surface area contributed by atoms with E-state index in [-0.39, 0.29) is 36.0 Å². The predicted molar refractivity (Wildman–Crippen MR) is 276 cm³/mol. The Balaban J connectivity index is 0.810. The number of aromatic nitrogens is 4. The van der Waals surface area contributed by atoms with Gasteiger partial charge in [-0.3, -0.25) is 24.2 Å². The number of carbonyl (C=O) groups excluding carboxylic acids is 3. The second kappa shape index (κ2) is 19.1. The van der Waals surface area contributed by atoms with E-state index in [0.29, 0.717) is 18.7 Å². The van der Waals surface area contributed by atoms with Crippen LogP contribution in [0, 0.1) is 0 Å². The summed E-state index contributed by atoms with van der Waals surface area (Å²) in [6.45, 7) is 5.15. The lowest BCUT2D eigenvalue weighted by Gasteiger charge is -2.37. The Morgan fingerprint density at radius 3 is 1.51 bits per heavy atom. The number of aromatic amines is 2. The van der Waals surface area contributed by atoms with Crippen molar-refractivity contribution in [3.8, 4) is 22.3 Å². The van der Waals surface area contributed by atoms with E-state index in [1.54, 1.807) is 0 Å². The Hall–Kier alpha value is -6.95. The van der Waals surface area contributed by atoms with Gasteiger partial charge in [0.15, 0.2) is 6.29 Å². The zero-order valence-corrected chi connectivity index (χ0v) is 39.7. The first kappa shape index (κ1) is 44.3. The molecule has 11 heteroatoms. The van der Waals surface area contributed by atoms with Gasteiger partial charge in [0.25, 0.3) is 0 Å². The highest BCUT2D eigenvalue weighted by Gasteiger charge is 2.40. The van der Waals surface area contributed by atoms with Crippen molar-refractivity contribution in [1.82, 2.24) is 39.5 Å². The number of nitrogens with one attached hydrogen (secondary N) is 2. The minimum Gasteiger partial charge on any atom is -0.340 e. The van der Waals surface area contributed by atoms with Gasteiger partial charge in [-0.1, -0.05) is 110 Å².